The van der Waals surface area contributed by atoms with E-state index in [1.807, 2.05) is 18.2 Å². The van der Waals surface area contributed by atoms with Gasteiger partial charge in [-0.3, -0.25) is 4.98 Å². The van der Waals surface area contributed by atoms with Crippen molar-refractivity contribution in [3.63, 3.8) is 0 Å². The van der Waals surface area contributed by atoms with E-state index in [0.29, 0.717) is 0 Å². The van der Waals surface area contributed by atoms with Crippen LogP contribution in [0.15, 0.2) is 30.6 Å². The summed E-state index contributed by atoms with van der Waals surface area (Å²) in [6, 6.07) is 5.72. The highest BCUT2D eigenvalue weighted by molar-refractivity contribution is 5.85. The van der Waals surface area contributed by atoms with Gasteiger partial charge < -0.3 is 4.74 Å². The summed E-state index contributed by atoms with van der Waals surface area (Å²) in [5.41, 5.74) is 0. The Kier molecular flexibility index (Phi) is 13.6. The smallest absolute Gasteiger partial charge is 0.0351 e. The first-order valence-electron chi connectivity index (χ1n) is 2.67. The summed E-state index contributed by atoms with van der Waals surface area (Å²) in [5.74, 6) is 0. The number of methoxy groups -OCH3 is 1. The van der Waals surface area contributed by atoms with E-state index >= 15 is 0 Å². The Labute approximate surface area is 67.7 Å². The van der Waals surface area contributed by atoms with Crippen molar-refractivity contribution >= 4 is 12.4 Å². The monoisotopic (exact) mass is 161 g/mol. The zero-order chi connectivity index (χ0) is 6.95. The van der Waals surface area contributed by atoms with E-state index in [1.165, 1.54) is 0 Å². The van der Waals surface area contributed by atoms with Crippen molar-refractivity contribution in [1.82, 2.24) is 4.98 Å². The van der Waals surface area contributed by atoms with Gasteiger partial charge in [0.15, 0.2) is 0 Å². The zero-order valence-corrected chi connectivity index (χ0v) is 6.97. The van der Waals surface area contributed by atoms with E-state index < -0.39 is 0 Å². The molecule has 1 heterocycles. The van der Waals surface area contributed by atoms with E-state index in [2.05, 4.69) is 9.72 Å². The van der Waals surface area contributed by atoms with Gasteiger partial charge in [-0.1, -0.05) is 6.07 Å². The first-order valence-corrected chi connectivity index (χ1v) is 2.67. The average molecular weight is 162 g/mol. The highest BCUT2D eigenvalue weighted by Gasteiger charge is 1.58. The summed E-state index contributed by atoms with van der Waals surface area (Å²) in [6.45, 7) is 0. The highest BCUT2D eigenvalue weighted by Crippen LogP contribution is 1.73. The van der Waals surface area contributed by atoms with Crippen molar-refractivity contribution in [2.45, 2.75) is 0 Å². The second-order valence-corrected chi connectivity index (χ2v) is 1.43. The summed E-state index contributed by atoms with van der Waals surface area (Å²) in [6.07, 6.45) is 3.50. The lowest BCUT2D eigenvalue weighted by Crippen LogP contribution is -1.58. The van der Waals surface area contributed by atoms with Gasteiger partial charge in [-0.15, -0.1) is 12.4 Å². The SMILES string of the molecule is COC.Cl.c1ccncc1. The summed E-state index contributed by atoms with van der Waals surface area (Å²) in [5, 5.41) is 0. The van der Waals surface area contributed by atoms with Crippen LogP contribution in [-0.2, 0) is 4.74 Å². The minimum atomic E-state index is 0. The summed E-state index contributed by atoms with van der Waals surface area (Å²) in [7, 11) is 3.25. The molecule has 58 valence electrons. The lowest BCUT2D eigenvalue weighted by molar-refractivity contribution is 0.277. The molecule has 0 spiro atoms. The van der Waals surface area contributed by atoms with Crippen LogP contribution in [0.4, 0.5) is 0 Å². The van der Waals surface area contributed by atoms with Gasteiger partial charge in [0, 0.05) is 26.6 Å². The van der Waals surface area contributed by atoms with Crippen LogP contribution < -0.4 is 0 Å². The predicted octanol–water partition coefficient (Wildman–Crippen LogP) is 1.77. The van der Waals surface area contributed by atoms with Gasteiger partial charge in [-0.05, 0) is 12.1 Å². The largest absolute Gasteiger partial charge is 0.388 e. The van der Waals surface area contributed by atoms with Crippen molar-refractivity contribution < 1.29 is 4.74 Å². The molecule has 0 unspecified atom stereocenters. The number of nitrogens with zero attached hydrogens (tertiary/aromatic N) is 1. The molecule has 1 aromatic rings. The molecule has 0 radical (unpaired) electrons. The van der Waals surface area contributed by atoms with Gasteiger partial charge in [0.05, 0.1) is 0 Å². The molecule has 10 heavy (non-hydrogen) atoms. The first kappa shape index (κ1) is 12.1. The Balaban J connectivity index is 0. The number of rotatable bonds is 0. The van der Waals surface area contributed by atoms with Crippen molar-refractivity contribution in [3.05, 3.63) is 30.6 Å². The Morgan fingerprint density at radius 3 is 1.50 bits per heavy atom. The maximum atomic E-state index is 4.25. The third-order valence-electron chi connectivity index (χ3n) is 0.566. The van der Waals surface area contributed by atoms with Crippen molar-refractivity contribution in [1.29, 1.82) is 0 Å². The second kappa shape index (κ2) is 11.2. The number of pyridine rings is 1. The number of ether oxygens (including phenoxy) is 1. The van der Waals surface area contributed by atoms with E-state index in [9.17, 15) is 0 Å². The maximum Gasteiger partial charge on any atom is 0.0351 e. The van der Waals surface area contributed by atoms with E-state index in [4.69, 9.17) is 0 Å². The number of halogens is 1. The molecule has 3 heteroatoms. The Hall–Kier alpha value is -0.600. The van der Waals surface area contributed by atoms with E-state index in [1.54, 1.807) is 26.6 Å². The van der Waals surface area contributed by atoms with Crippen LogP contribution in [0.1, 0.15) is 0 Å². The topological polar surface area (TPSA) is 22.1 Å². The molecule has 0 aliphatic heterocycles. The van der Waals surface area contributed by atoms with Crippen LogP contribution in [0.2, 0.25) is 0 Å². The maximum absolute atomic E-state index is 4.25. The van der Waals surface area contributed by atoms with Gasteiger partial charge in [0.25, 0.3) is 0 Å². The standard InChI is InChI=1S/C5H5N.C2H6O.ClH/c1-2-4-6-5-3-1;1-3-2;/h1-5H;1-2H3;1H. The number of hydrogen-bond acceptors (Lipinski definition) is 2. The van der Waals surface area contributed by atoms with Crippen LogP contribution in [-0.4, -0.2) is 19.2 Å². The lowest BCUT2D eigenvalue weighted by Gasteiger charge is -1.70. The fourth-order valence-electron chi connectivity index (χ4n) is 0.313. The molecule has 0 fully saturated rings. The van der Waals surface area contributed by atoms with Crippen molar-refractivity contribution in [3.8, 4) is 0 Å². The van der Waals surface area contributed by atoms with Gasteiger partial charge in [0.1, 0.15) is 0 Å². The molecule has 0 aliphatic carbocycles. The summed E-state index contributed by atoms with van der Waals surface area (Å²) >= 11 is 0. The summed E-state index contributed by atoms with van der Waals surface area (Å²) < 4.78 is 4.25. The van der Waals surface area contributed by atoms with Crippen LogP contribution in [0, 0.1) is 0 Å². The predicted molar refractivity (Wildman–Crippen MR) is 44.4 cm³/mol. The quantitative estimate of drug-likeness (QED) is 0.579. The fraction of sp³-hybridized carbons (Fsp3) is 0.286. The Morgan fingerprint density at radius 1 is 1.00 bits per heavy atom. The molecular weight excluding hydrogens is 150 g/mol. The van der Waals surface area contributed by atoms with E-state index in [-0.39, 0.29) is 12.4 Å². The Bertz CT molecular complexity index is 96.5. The second-order valence-electron chi connectivity index (χ2n) is 1.43. The third-order valence-corrected chi connectivity index (χ3v) is 0.566. The fourth-order valence-corrected chi connectivity index (χ4v) is 0.313. The van der Waals surface area contributed by atoms with Crippen LogP contribution in [0.25, 0.3) is 0 Å². The number of aromatic nitrogens is 1. The van der Waals surface area contributed by atoms with Gasteiger partial charge >= 0.3 is 0 Å². The Morgan fingerprint density at radius 2 is 1.40 bits per heavy atom. The van der Waals surface area contributed by atoms with Gasteiger partial charge in [-0.2, -0.15) is 0 Å². The van der Waals surface area contributed by atoms with Gasteiger partial charge in [-0.25, -0.2) is 0 Å². The molecule has 0 saturated heterocycles. The molecule has 0 bridgehead atoms. The molecule has 2 nitrogen and oxygen atoms in total. The molecule has 0 aromatic carbocycles. The minimum absolute atomic E-state index is 0. The highest BCUT2D eigenvalue weighted by atomic mass is 35.5. The zero-order valence-electron chi connectivity index (χ0n) is 6.15. The summed E-state index contributed by atoms with van der Waals surface area (Å²) in [4.78, 5) is 3.78. The van der Waals surface area contributed by atoms with Crippen LogP contribution >= 0.6 is 12.4 Å². The lowest BCUT2D eigenvalue weighted by atomic mass is 10.5. The molecular formula is C7H12ClNO. The van der Waals surface area contributed by atoms with Crippen LogP contribution in [0.3, 0.4) is 0 Å². The molecule has 0 saturated carbocycles. The van der Waals surface area contributed by atoms with Gasteiger partial charge in [0.2, 0.25) is 0 Å². The number of hydrogen-bond donors (Lipinski definition) is 0. The minimum Gasteiger partial charge on any atom is -0.388 e. The molecule has 0 atom stereocenters. The molecule has 0 aliphatic rings. The molecule has 0 amide bonds. The third kappa shape index (κ3) is 10.4. The van der Waals surface area contributed by atoms with E-state index in [0.717, 1.165) is 0 Å². The molecule has 0 N–H and O–H groups in total. The normalized spacial score (nSPS) is 6.60. The molecule has 1 rings (SSSR count). The van der Waals surface area contributed by atoms with Crippen molar-refractivity contribution in [2.24, 2.45) is 0 Å². The van der Waals surface area contributed by atoms with Crippen LogP contribution in [0.5, 0.6) is 0 Å². The van der Waals surface area contributed by atoms with Crippen molar-refractivity contribution in [2.75, 3.05) is 14.2 Å². The average Bonchev–Trinajstić information content (AvgIpc) is 1.93. The first-order chi connectivity index (χ1) is 4.41. The molecule has 1 aromatic heterocycles.